The number of benzene rings is 1. The third-order valence-corrected chi connectivity index (χ3v) is 2.98. The van der Waals surface area contributed by atoms with Gasteiger partial charge >= 0.3 is 6.18 Å². The molecule has 0 N–H and O–H groups in total. The fraction of sp³-hybridized carbons (Fsp3) is 0.100. The van der Waals surface area contributed by atoms with Gasteiger partial charge in [-0.1, -0.05) is 23.7 Å². The topological polar surface area (TPSA) is 12.9 Å². The van der Waals surface area contributed by atoms with E-state index in [-0.39, 0.29) is 0 Å². The van der Waals surface area contributed by atoms with E-state index >= 15 is 0 Å². The zero-order valence-corrected chi connectivity index (χ0v) is 9.99. The molecule has 0 aliphatic heterocycles. The Morgan fingerprint density at radius 3 is 2.56 bits per heavy atom. The normalized spacial score (nSPS) is 12.1. The van der Waals surface area contributed by atoms with E-state index in [1.54, 1.807) is 18.2 Å². The first-order valence-corrected chi connectivity index (χ1v) is 5.38. The van der Waals surface area contributed by atoms with Crippen LogP contribution in [-0.4, -0.2) is 4.98 Å². The van der Waals surface area contributed by atoms with Crippen molar-refractivity contribution in [2.75, 3.05) is 0 Å². The second-order valence-corrected chi connectivity index (χ2v) is 4.35. The molecule has 2 rings (SSSR count). The molecular formula is C10H4BrClF3N. The summed E-state index contributed by atoms with van der Waals surface area (Å²) in [5.41, 5.74) is -0.500. The quantitative estimate of drug-likeness (QED) is 0.644. The molecule has 1 nitrogen and oxygen atoms in total. The van der Waals surface area contributed by atoms with E-state index in [0.717, 1.165) is 6.07 Å². The molecular weight excluding hydrogens is 306 g/mol. The lowest BCUT2D eigenvalue weighted by Crippen LogP contribution is -2.07. The lowest BCUT2D eigenvalue weighted by molar-refractivity contribution is -0.137. The van der Waals surface area contributed by atoms with Gasteiger partial charge in [0.05, 0.1) is 11.1 Å². The molecule has 0 saturated heterocycles. The summed E-state index contributed by atoms with van der Waals surface area (Å²) in [6, 6.07) is 5.88. The Morgan fingerprint density at radius 1 is 1.25 bits per heavy atom. The molecule has 2 aromatic rings. The van der Waals surface area contributed by atoms with Gasteiger partial charge in [0.1, 0.15) is 5.15 Å². The van der Waals surface area contributed by atoms with E-state index in [4.69, 9.17) is 11.6 Å². The Kier molecular flexibility index (Phi) is 2.84. The Hall–Kier alpha value is -0.810. The second-order valence-electron chi connectivity index (χ2n) is 3.14. The van der Waals surface area contributed by atoms with Crippen molar-refractivity contribution in [2.24, 2.45) is 0 Å². The van der Waals surface area contributed by atoms with E-state index in [1.165, 1.54) is 0 Å². The van der Waals surface area contributed by atoms with Crippen LogP contribution in [0.3, 0.4) is 0 Å². The van der Waals surface area contributed by atoms with E-state index in [2.05, 4.69) is 20.9 Å². The van der Waals surface area contributed by atoms with Crippen LogP contribution in [0.5, 0.6) is 0 Å². The summed E-state index contributed by atoms with van der Waals surface area (Å²) < 4.78 is 38.2. The van der Waals surface area contributed by atoms with Crippen LogP contribution in [0.25, 0.3) is 10.9 Å². The maximum Gasteiger partial charge on any atom is 0.419 e. The van der Waals surface area contributed by atoms with Gasteiger partial charge in [-0.3, -0.25) is 0 Å². The molecule has 0 atom stereocenters. The Morgan fingerprint density at radius 2 is 1.94 bits per heavy atom. The van der Waals surface area contributed by atoms with E-state index in [1.807, 2.05) is 0 Å². The maximum atomic E-state index is 12.5. The Bertz CT molecular complexity index is 553. The molecule has 0 fully saturated rings. The maximum absolute atomic E-state index is 12.5. The summed E-state index contributed by atoms with van der Waals surface area (Å²) >= 11 is 8.71. The van der Waals surface area contributed by atoms with Crippen LogP contribution in [0, 0.1) is 0 Å². The fourth-order valence-electron chi connectivity index (χ4n) is 1.34. The van der Waals surface area contributed by atoms with E-state index < -0.39 is 16.9 Å². The molecule has 0 unspecified atom stereocenters. The van der Waals surface area contributed by atoms with Crippen molar-refractivity contribution in [2.45, 2.75) is 6.18 Å². The smallest absolute Gasteiger partial charge is 0.234 e. The molecule has 0 bridgehead atoms. The first kappa shape index (κ1) is 11.7. The third kappa shape index (κ3) is 2.01. The van der Waals surface area contributed by atoms with Gasteiger partial charge in [0.15, 0.2) is 0 Å². The molecule has 16 heavy (non-hydrogen) atoms. The van der Waals surface area contributed by atoms with Gasteiger partial charge in [-0.2, -0.15) is 13.2 Å². The zero-order valence-electron chi connectivity index (χ0n) is 7.65. The molecule has 1 aromatic carbocycles. The molecule has 0 spiro atoms. The molecule has 0 aliphatic carbocycles. The average Bonchev–Trinajstić information content (AvgIpc) is 2.17. The summed E-state index contributed by atoms with van der Waals surface area (Å²) in [6.45, 7) is 0. The van der Waals surface area contributed by atoms with Gasteiger partial charge in [-0.15, -0.1) is 0 Å². The highest BCUT2D eigenvalue weighted by Crippen LogP contribution is 2.36. The zero-order chi connectivity index (χ0) is 11.9. The number of fused-ring (bicyclic) bond motifs is 1. The van der Waals surface area contributed by atoms with Crippen molar-refractivity contribution in [1.82, 2.24) is 4.98 Å². The highest BCUT2D eigenvalue weighted by atomic mass is 79.9. The number of para-hydroxylation sites is 1. The predicted molar refractivity (Wildman–Crippen MR) is 59.5 cm³/mol. The first-order valence-electron chi connectivity index (χ1n) is 4.21. The van der Waals surface area contributed by atoms with Crippen LogP contribution in [0.15, 0.2) is 28.7 Å². The van der Waals surface area contributed by atoms with Crippen LogP contribution in [0.2, 0.25) is 5.15 Å². The summed E-state index contributed by atoms with van der Waals surface area (Å²) in [5, 5.41) is -0.141. The number of nitrogens with zero attached hydrogens (tertiary/aromatic N) is 1. The summed E-state index contributed by atoms with van der Waals surface area (Å²) in [6.07, 6.45) is -4.49. The Labute approximate surface area is 102 Å². The fourth-order valence-corrected chi connectivity index (χ4v) is 2.06. The van der Waals surface area contributed by atoms with Crippen molar-refractivity contribution in [1.29, 1.82) is 0 Å². The van der Waals surface area contributed by atoms with Crippen LogP contribution in [-0.2, 0) is 6.18 Å². The number of alkyl halides is 3. The number of rotatable bonds is 0. The van der Waals surface area contributed by atoms with E-state index in [0.29, 0.717) is 15.4 Å². The van der Waals surface area contributed by atoms with Crippen molar-refractivity contribution in [3.8, 4) is 0 Å². The third-order valence-electron chi connectivity index (χ3n) is 2.06. The van der Waals surface area contributed by atoms with Crippen LogP contribution >= 0.6 is 27.5 Å². The van der Waals surface area contributed by atoms with Crippen molar-refractivity contribution in [3.05, 3.63) is 39.5 Å². The van der Waals surface area contributed by atoms with Gasteiger partial charge in [-0.05, 0) is 28.1 Å². The summed E-state index contributed by atoms with van der Waals surface area (Å²) in [7, 11) is 0. The van der Waals surface area contributed by atoms with Gasteiger partial charge in [0.25, 0.3) is 0 Å². The summed E-state index contributed by atoms with van der Waals surface area (Å²) in [5.74, 6) is 0. The molecule has 6 heteroatoms. The monoisotopic (exact) mass is 309 g/mol. The first-order chi connectivity index (χ1) is 7.39. The molecule has 1 aromatic heterocycles. The molecule has 1 heterocycles. The predicted octanol–water partition coefficient (Wildman–Crippen LogP) is 4.67. The highest BCUT2D eigenvalue weighted by Gasteiger charge is 2.34. The minimum atomic E-state index is -4.49. The van der Waals surface area contributed by atoms with Gasteiger partial charge in [-0.25, -0.2) is 4.98 Å². The molecule has 84 valence electrons. The molecule has 0 radical (unpaired) electrons. The Balaban J connectivity index is 2.78. The average molecular weight is 310 g/mol. The lowest BCUT2D eigenvalue weighted by Gasteiger charge is -2.09. The standard InChI is InChI=1S/C10H4BrClF3N/c11-7-3-1-2-5-4-6(10(13,14)15)9(12)16-8(5)7/h1-4H. The van der Waals surface area contributed by atoms with E-state index in [9.17, 15) is 13.2 Å². The van der Waals surface area contributed by atoms with Crippen LogP contribution in [0.1, 0.15) is 5.56 Å². The lowest BCUT2D eigenvalue weighted by atomic mass is 10.1. The van der Waals surface area contributed by atoms with Crippen molar-refractivity contribution >= 4 is 38.4 Å². The number of hydrogen-bond donors (Lipinski definition) is 0. The molecule has 0 amide bonds. The number of aromatic nitrogens is 1. The molecule has 0 aliphatic rings. The van der Waals surface area contributed by atoms with Crippen molar-refractivity contribution < 1.29 is 13.2 Å². The van der Waals surface area contributed by atoms with Gasteiger partial charge in [0.2, 0.25) is 0 Å². The molecule has 0 saturated carbocycles. The van der Waals surface area contributed by atoms with Crippen LogP contribution in [0.4, 0.5) is 13.2 Å². The van der Waals surface area contributed by atoms with Gasteiger partial charge in [0, 0.05) is 9.86 Å². The minimum absolute atomic E-state index is 0.395. The number of hydrogen-bond acceptors (Lipinski definition) is 1. The number of halogens is 5. The minimum Gasteiger partial charge on any atom is -0.234 e. The number of pyridine rings is 1. The summed E-state index contributed by atoms with van der Waals surface area (Å²) in [4.78, 5) is 3.74. The van der Waals surface area contributed by atoms with Crippen molar-refractivity contribution in [3.63, 3.8) is 0 Å². The van der Waals surface area contributed by atoms with Gasteiger partial charge < -0.3 is 0 Å². The van der Waals surface area contributed by atoms with Crippen LogP contribution < -0.4 is 0 Å². The SMILES string of the molecule is FC(F)(F)c1cc2cccc(Br)c2nc1Cl. The second kappa shape index (κ2) is 3.89. The highest BCUT2D eigenvalue weighted by molar-refractivity contribution is 9.10. The largest absolute Gasteiger partial charge is 0.419 e.